The Balaban J connectivity index is 3.21. The van der Waals surface area contributed by atoms with Crippen molar-refractivity contribution in [2.45, 2.75) is 77.7 Å². The van der Waals surface area contributed by atoms with E-state index < -0.39 is 29.3 Å². The molecule has 1 aliphatic heterocycles. The van der Waals surface area contributed by atoms with Gasteiger partial charge in [0.2, 0.25) is 0 Å². The number of unbranched alkanes of at least 4 members (excludes halogenated alkanes) is 1. The number of aliphatic hydroxyl groups excluding tert-OH is 1. The van der Waals surface area contributed by atoms with Crippen LogP contribution in [0.25, 0.3) is 0 Å². The quantitative estimate of drug-likeness (QED) is 0.586. The molecule has 1 N–H and O–H groups in total. The van der Waals surface area contributed by atoms with Crippen LogP contribution < -0.4 is 0 Å². The van der Waals surface area contributed by atoms with Crippen molar-refractivity contribution in [2.75, 3.05) is 6.54 Å². The van der Waals surface area contributed by atoms with Gasteiger partial charge in [0.25, 0.3) is 0 Å². The first kappa shape index (κ1) is 21.2. The Labute approximate surface area is 150 Å². The van der Waals surface area contributed by atoms with E-state index in [0.29, 0.717) is 0 Å². The molecule has 2 atom stereocenters. The average molecular weight is 353 g/mol. The molecule has 0 saturated carbocycles. The van der Waals surface area contributed by atoms with Crippen LogP contribution in [0.15, 0.2) is 24.3 Å². The molecule has 0 saturated heterocycles. The highest BCUT2D eigenvalue weighted by Crippen LogP contribution is 2.32. The molecule has 0 aliphatic carbocycles. The predicted molar refractivity (Wildman–Crippen MR) is 96.1 cm³/mol. The summed E-state index contributed by atoms with van der Waals surface area (Å²) in [7, 11) is 0. The van der Waals surface area contributed by atoms with E-state index in [2.05, 4.69) is 0 Å². The van der Waals surface area contributed by atoms with Gasteiger partial charge in [-0.15, -0.1) is 0 Å². The second kappa shape index (κ2) is 8.52. The number of hydrogen-bond donors (Lipinski definition) is 1. The van der Waals surface area contributed by atoms with Crippen LogP contribution in [-0.2, 0) is 14.3 Å². The van der Waals surface area contributed by atoms with Gasteiger partial charge >= 0.3 is 12.1 Å². The monoisotopic (exact) mass is 353 g/mol. The molecule has 1 amide bonds. The number of carbonyl (C=O) groups excluding carboxylic acids is 2. The van der Waals surface area contributed by atoms with Gasteiger partial charge in [-0.05, 0) is 47.1 Å². The van der Waals surface area contributed by atoms with Gasteiger partial charge in [0, 0.05) is 6.54 Å². The third kappa shape index (κ3) is 5.33. The molecular weight excluding hydrogens is 322 g/mol. The van der Waals surface area contributed by atoms with Crippen molar-refractivity contribution >= 4 is 12.1 Å². The fourth-order valence-corrected chi connectivity index (χ4v) is 2.53. The van der Waals surface area contributed by atoms with Crippen LogP contribution in [0.4, 0.5) is 4.79 Å². The molecule has 142 valence electrons. The van der Waals surface area contributed by atoms with E-state index in [0.717, 1.165) is 12.8 Å². The highest BCUT2D eigenvalue weighted by Gasteiger charge is 2.54. The van der Waals surface area contributed by atoms with Crippen molar-refractivity contribution in [1.82, 2.24) is 4.90 Å². The van der Waals surface area contributed by atoms with Crippen molar-refractivity contribution in [3.63, 3.8) is 0 Å². The van der Waals surface area contributed by atoms with Crippen LogP contribution in [0.5, 0.6) is 0 Å². The lowest BCUT2D eigenvalue weighted by Crippen LogP contribution is -2.61. The van der Waals surface area contributed by atoms with Gasteiger partial charge in [0.15, 0.2) is 5.54 Å². The number of aliphatic hydroxyl groups is 1. The summed E-state index contributed by atoms with van der Waals surface area (Å²) in [5, 5.41) is 10.7. The molecule has 0 aromatic rings. The summed E-state index contributed by atoms with van der Waals surface area (Å²) in [6.07, 6.45) is 5.96. The first-order chi connectivity index (χ1) is 11.5. The summed E-state index contributed by atoms with van der Waals surface area (Å²) in [6, 6.07) is 0. The second-order valence-electron chi connectivity index (χ2n) is 7.43. The van der Waals surface area contributed by atoms with Crippen LogP contribution >= 0.6 is 0 Å². The summed E-state index contributed by atoms with van der Waals surface area (Å²) in [5.41, 5.74) is -2.33. The maximum atomic E-state index is 12.8. The standard InChI is InChI=1S/C19H31NO5/c1-7-8-9-11-15(21)19(16(22)24-14(2)3)12-10-13-20(19)17(23)25-18(4,5)6/h9-12,14-15,21H,7-8,13H2,1-6H3/b11-9-/t15-,19+/m0/s1. The molecule has 1 heterocycles. The minimum absolute atomic E-state index is 0.167. The van der Waals surface area contributed by atoms with Gasteiger partial charge in [-0.1, -0.05) is 31.6 Å². The topological polar surface area (TPSA) is 76.1 Å². The Hall–Kier alpha value is -1.82. The summed E-state index contributed by atoms with van der Waals surface area (Å²) in [5.74, 6) is -0.671. The second-order valence-corrected chi connectivity index (χ2v) is 7.43. The number of amides is 1. The maximum Gasteiger partial charge on any atom is 0.411 e. The van der Waals surface area contributed by atoms with Crippen molar-refractivity contribution in [1.29, 1.82) is 0 Å². The fraction of sp³-hybridized carbons (Fsp3) is 0.684. The van der Waals surface area contributed by atoms with Crippen molar-refractivity contribution in [3.8, 4) is 0 Å². The molecule has 0 fully saturated rings. The van der Waals surface area contributed by atoms with E-state index in [1.807, 2.05) is 6.92 Å². The lowest BCUT2D eigenvalue weighted by molar-refractivity contribution is -0.162. The Morgan fingerprint density at radius 3 is 2.52 bits per heavy atom. The van der Waals surface area contributed by atoms with Gasteiger partial charge in [-0.2, -0.15) is 0 Å². The predicted octanol–water partition coefficient (Wildman–Crippen LogP) is 3.20. The van der Waals surface area contributed by atoms with Gasteiger partial charge < -0.3 is 14.6 Å². The van der Waals surface area contributed by atoms with Crippen LogP contribution in [0, 0.1) is 0 Å². The molecule has 0 bridgehead atoms. The number of hydrogen-bond acceptors (Lipinski definition) is 5. The third-order valence-corrected chi connectivity index (χ3v) is 3.61. The Kier molecular flexibility index (Phi) is 7.23. The first-order valence-electron chi connectivity index (χ1n) is 8.78. The van der Waals surface area contributed by atoms with E-state index in [1.165, 1.54) is 17.1 Å². The highest BCUT2D eigenvalue weighted by atomic mass is 16.6. The summed E-state index contributed by atoms with van der Waals surface area (Å²) in [6.45, 7) is 10.9. The Morgan fingerprint density at radius 2 is 2.00 bits per heavy atom. The summed E-state index contributed by atoms with van der Waals surface area (Å²) >= 11 is 0. The lowest BCUT2D eigenvalue weighted by atomic mass is 9.91. The maximum absolute atomic E-state index is 12.8. The zero-order valence-electron chi connectivity index (χ0n) is 16.1. The molecule has 6 heteroatoms. The van der Waals surface area contributed by atoms with Gasteiger partial charge in [0.1, 0.15) is 11.7 Å². The molecule has 0 spiro atoms. The zero-order chi connectivity index (χ0) is 19.3. The molecule has 6 nitrogen and oxygen atoms in total. The van der Waals surface area contributed by atoms with Crippen molar-refractivity contribution in [2.24, 2.45) is 0 Å². The van der Waals surface area contributed by atoms with E-state index in [-0.39, 0.29) is 12.6 Å². The normalized spacial score (nSPS) is 21.8. The van der Waals surface area contributed by atoms with E-state index >= 15 is 0 Å². The molecule has 1 aliphatic rings. The lowest BCUT2D eigenvalue weighted by Gasteiger charge is -2.39. The van der Waals surface area contributed by atoms with E-state index in [1.54, 1.807) is 46.8 Å². The number of ether oxygens (including phenoxy) is 2. The largest absolute Gasteiger partial charge is 0.461 e. The minimum Gasteiger partial charge on any atom is -0.461 e. The average Bonchev–Trinajstić information content (AvgIpc) is 2.90. The van der Waals surface area contributed by atoms with Crippen LogP contribution in [-0.4, -0.2) is 52.0 Å². The number of carbonyl (C=O) groups is 2. The van der Waals surface area contributed by atoms with Gasteiger partial charge in [-0.3, -0.25) is 4.90 Å². The minimum atomic E-state index is -1.61. The van der Waals surface area contributed by atoms with Crippen molar-refractivity contribution < 1.29 is 24.2 Å². The molecule has 0 unspecified atom stereocenters. The van der Waals surface area contributed by atoms with E-state index in [9.17, 15) is 14.7 Å². The number of rotatable bonds is 6. The molecular formula is C19H31NO5. The fourth-order valence-electron chi connectivity index (χ4n) is 2.53. The smallest absolute Gasteiger partial charge is 0.411 e. The Bertz CT molecular complexity index is 532. The highest BCUT2D eigenvalue weighted by molar-refractivity contribution is 5.90. The third-order valence-electron chi connectivity index (χ3n) is 3.61. The molecule has 25 heavy (non-hydrogen) atoms. The summed E-state index contributed by atoms with van der Waals surface area (Å²) in [4.78, 5) is 26.7. The molecule has 0 aromatic carbocycles. The van der Waals surface area contributed by atoms with Crippen LogP contribution in [0.2, 0.25) is 0 Å². The van der Waals surface area contributed by atoms with Gasteiger partial charge in [-0.25, -0.2) is 9.59 Å². The molecule has 1 rings (SSSR count). The van der Waals surface area contributed by atoms with Crippen LogP contribution in [0.3, 0.4) is 0 Å². The summed E-state index contributed by atoms with van der Waals surface area (Å²) < 4.78 is 10.8. The number of nitrogens with zero attached hydrogens (tertiary/aromatic N) is 1. The number of allylic oxidation sites excluding steroid dienone is 1. The van der Waals surface area contributed by atoms with Crippen molar-refractivity contribution in [3.05, 3.63) is 24.3 Å². The molecule has 0 aromatic heterocycles. The SMILES string of the molecule is CCC/C=C\[C@H](O)[C@@]1(C(=O)OC(C)C)C=CCN1C(=O)OC(C)(C)C. The number of esters is 1. The van der Waals surface area contributed by atoms with Crippen LogP contribution in [0.1, 0.15) is 54.4 Å². The van der Waals surface area contributed by atoms with E-state index in [4.69, 9.17) is 9.47 Å². The first-order valence-corrected chi connectivity index (χ1v) is 8.78. The molecule has 0 radical (unpaired) electrons. The zero-order valence-corrected chi connectivity index (χ0v) is 16.1. The van der Waals surface area contributed by atoms with Gasteiger partial charge in [0.05, 0.1) is 6.10 Å². The Morgan fingerprint density at radius 1 is 1.36 bits per heavy atom.